The summed E-state index contributed by atoms with van der Waals surface area (Å²) >= 11 is 6.01. The van der Waals surface area contributed by atoms with Crippen molar-refractivity contribution in [3.63, 3.8) is 0 Å². The molecule has 0 fully saturated rings. The quantitative estimate of drug-likeness (QED) is 0.700. The molecule has 0 amide bonds. The number of nitrogens with one attached hydrogen (secondary N) is 1. The molecule has 0 radical (unpaired) electrons. The minimum atomic E-state index is -0.400. The summed E-state index contributed by atoms with van der Waals surface area (Å²) in [4.78, 5) is 11.8. The first kappa shape index (κ1) is 15.6. The van der Waals surface area contributed by atoms with Crippen molar-refractivity contribution in [2.75, 3.05) is 5.32 Å². The second-order valence-corrected chi connectivity index (χ2v) is 5.91. The van der Waals surface area contributed by atoms with Gasteiger partial charge >= 0.3 is 5.63 Å². The van der Waals surface area contributed by atoms with Crippen LogP contribution >= 0.6 is 11.6 Å². The Hall–Kier alpha value is -2.33. The molecule has 0 saturated heterocycles. The van der Waals surface area contributed by atoms with Gasteiger partial charge in [0.25, 0.3) is 0 Å². The summed E-state index contributed by atoms with van der Waals surface area (Å²) < 4.78 is 18.4. The number of hydrogen-bond donors (Lipinski definition) is 1. The normalized spacial score (nSPS) is 11.0. The SMILES string of the molecule is Cc1cc2oc(=O)cc(CNc3ccc(F)cc3Cl)c2cc1C. The Balaban J connectivity index is 1.99. The van der Waals surface area contributed by atoms with Crippen molar-refractivity contribution in [3.8, 4) is 0 Å². The molecule has 0 bridgehead atoms. The van der Waals surface area contributed by atoms with Gasteiger partial charge < -0.3 is 9.73 Å². The summed E-state index contributed by atoms with van der Waals surface area (Å²) in [6.45, 7) is 4.36. The van der Waals surface area contributed by atoms with E-state index < -0.39 is 11.4 Å². The van der Waals surface area contributed by atoms with Crippen LogP contribution in [0.5, 0.6) is 0 Å². The molecule has 0 aliphatic carbocycles. The van der Waals surface area contributed by atoms with Crippen LogP contribution < -0.4 is 10.9 Å². The highest BCUT2D eigenvalue weighted by Crippen LogP contribution is 2.25. The first-order chi connectivity index (χ1) is 10.9. The van der Waals surface area contributed by atoms with Gasteiger partial charge in [0.2, 0.25) is 0 Å². The van der Waals surface area contributed by atoms with E-state index in [0.29, 0.717) is 22.8 Å². The summed E-state index contributed by atoms with van der Waals surface area (Å²) in [6.07, 6.45) is 0. The number of fused-ring (bicyclic) bond motifs is 1. The van der Waals surface area contributed by atoms with Crippen molar-refractivity contribution >= 4 is 28.3 Å². The van der Waals surface area contributed by atoms with Gasteiger partial charge in [0.05, 0.1) is 10.7 Å². The van der Waals surface area contributed by atoms with Crippen LogP contribution in [0, 0.1) is 19.7 Å². The Morgan fingerprint density at radius 2 is 1.87 bits per heavy atom. The Morgan fingerprint density at radius 3 is 2.61 bits per heavy atom. The van der Waals surface area contributed by atoms with Crippen LogP contribution in [0.2, 0.25) is 5.02 Å². The molecule has 23 heavy (non-hydrogen) atoms. The Kier molecular flexibility index (Phi) is 4.09. The first-order valence-electron chi connectivity index (χ1n) is 7.17. The van der Waals surface area contributed by atoms with Crippen LogP contribution in [0.3, 0.4) is 0 Å². The van der Waals surface area contributed by atoms with Gasteiger partial charge in [-0.05, 0) is 60.9 Å². The molecule has 1 heterocycles. The van der Waals surface area contributed by atoms with Crippen LogP contribution in [0.1, 0.15) is 16.7 Å². The van der Waals surface area contributed by atoms with E-state index in [1.165, 1.54) is 18.2 Å². The van der Waals surface area contributed by atoms with E-state index in [0.717, 1.165) is 22.1 Å². The average molecular weight is 332 g/mol. The number of anilines is 1. The van der Waals surface area contributed by atoms with Gasteiger partial charge in [0.1, 0.15) is 11.4 Å². The fourth-order valence-corrected chi connectivity index (χ4v) is 2.69. The molecule has 0 spiro atoms. The van der Waals surface area contributed by atoms with E-state index in [1.807, 2.05) is 26.0 Å². The molecular weight excluding hydrogens is 317 g/mol. The Labute approximate surface area is 137 Å². The van der Waals surface area contributed by atoms with Crippen LogP contribution in [0.4, 0.5) is 10.1 Å². The van der Waals surface area contributed by atoms with Gasteiger partial charge in [-0.1, -0.05) is 11.6 Å². The highest BCUT2D eigenvalue weighted by Gasteiger charge is 2.09. The third-order valence-electron chi connectivity index (χ3n) is 3.84. The van der Waals surface area contributed by atoms with Crippen LogP contribution in [0.15, 0.2) is 45.6 Å². The minimum Gasteiger partial charge on any atom is -0.423 e. The molecule has 2 aromatic carbocycles. The zero-order valence-electron chi connectivity index (χ0n) is 12.7. The largest absolute Gasteiger partial charge is 0.423 e. The molecule has 0 unspecified atom stereocenters. The standard InChI is InChI=1S/C18H15ClFNO2/c1-10-5-14-12(7-18(22)23-17(14)6-11(10)2)9-21-16-4-3-13(20)8-15(16)19/h3-8,21H,9H2,1-2H3. The maximum atomic E-state index is 13.1. The third kappa shape index (κ3) is 3.22. The zero-order chi connectivity index (χ0) is 16.6. The third-order valence-corrected chi connectivity index (χ3v) is 4.16. The van der Waals surface area contributed by atoms with Crippen molar-refractivity contribution in [2.45, 2.75) is 20.4 Å². The number of rotatable bonds is 3. The van der Waals surface area contributed by atoms with E-state index in [2.05, 4.69) is 5.32 Å². The molecule has 0 saturated carbocycles. The first-order valence-corrected chi connectivity index (χ1v) is 7.55. The lowest BCUT2D eigenvalue weighted by Gasteiger charge is -2.11. The average Bonchev–Trinajstić information content (AvgIpc) is 2.48. The number of hydrogen-bond acceptors (Lipinski definition) is 3. The maximum Gasteiger partial charge on any atom is 0.336 e. The Bertz CT molecular complexity index is 950. The smallest absolute Gasteiger partial charge is 0.336 e. The van der Waals surface area contributed by atoms with Gasteiger partial charge in [0.15, 0.2) is 0 Å². The molecule has 3 rings (SSSR count). The lowest BCUT2D eigenvalue weighted by Crippen LogP contribution is -2.06. The van der Waals surface area contributed by atoms with Crippen LogP contribution in [0.25, 0.3) is 11.0 Å². The van der Waals surface area contributed by atoms with E-state index in [4.69, 9.17) is 16.0 Å². The van der Waals surface area contributed by atoms with Crippen LogP contribution in [-0.2, 0) is 6.54 Å². The predicted octanol–water partition coefficient (Wildman–Crippen LogP) is 4.81. The summed E-state index contributed by atoms with van der Waals surface area (Å²) in [5.41, 5.74) is 3.75. The molecule has 0 aliphatic heterocycles. The molecule has 0 aliphatic rings. The van der Waals surface area contributed by atoms with Crippen molar-refractivity contribution < 1.29 is 8.81 Å². The lowest BCUT2D eigenvalue weighted by atomic mass is 10.0. The van der Waals surface area contributed by atoms with Crippen LogP contribution in [-0.4, -0.2) is 0 Å². The fourth-order valence-electron chi connectivity index (χ4n) is 2.45. The highest BCUT2D eigenvalue weighted by atomic mass is 35.5. The zero-order valence-corrected chi connectivity index (χ0v) is 13.5. The summed E-state index contributed by atoms with van der Waals surface area (Å²) in [6, 6.07) is 9.47. The van der Waals surface area contributed by atoms with Crippen molar-refractivity contribution in [2.24, 2.45) is 0 Å². The number of benzene rings is 2. The monoisotopic (exact) mass is 331 g/mol. The molecular formula is C18H15ClFNO2. The molecule has 1 aromatic heterocycles. The van der Waals surface area contributed by atoms with Crippen molar-refractivity contribution in [1.29, 1.82) is 0 Å². The van der Waals surface area contributed by atoms with Gasteiger partial charge in [-0.3, -0.25) is 0 Å². The molecule has 3 aromatic rings. The van der Waals surface area contributed by atoms with E-state index in [1.54, 1.807) is 6.07 Å². The van der Waals surface area contributed by atoms with Crippen molar-refractivity contribution in [1.82, 2.24) is 0 Å². The fraction of sp³-hybridized carbons (Fsp3) is 0.167. The second-order valence-electron chi connectivity index (χ2n) is 5.50. The van der Waals surface area contributed by atoms with E-state index in [-0.39, 0.29) is 0 Å². The summed E-state index contributed by atoms with van der Waals surface area (Å²) in [5, 5.41) is 4.30. The highest BCUT2D eigenvalue weighted by molar-refractivity contribution is 6.33. The molecule has 5 heteroatoms. The topological polar surface area (TPSA) is 42.2 Å². The van der Waals surface area contributed by atoms with E-state index >= 15 is 0 Å². The Morgan fingerprint density at radius 1 is 1.13 bits per heavy atom. The second kappa shape index (κ2) is 6.05. The molecule has 118 valence electrons. The molecule has 0 atom stereocenters. The minimum absolute atomic E-state index is 0.296. The molecule has 1 N–H and O–H groups in total. The lowest BCUT2D eigenvalue weighted by molar-refractivity contribution is 0.559. The van der Waals surface area contributed by atoms with E-state index in [9.17, 15) is 9.18 Å². The van der Waals surface area contributed by atoms with Gasteiger partial charge in [0, 0.05) is 18.0 Å². The predicted molar refractivity (Wildman–Crippen MR) is 90.7 cm³/mol. The molecule has 3 nitrogen and oxygen atoms in total. The van der Waals surface area contributed by atoms with Gasteiger partial charge in [-0.25, -0.2) is 9.18 Å². The van der Waals surface area contributed by atoms with Gasteiger partial charge in [-0.2, -0.15) is 0 Å². The summed E-state index contributed by atoms with van der Waals surface area (Å²) in [7, 11) is 0. The van der Waals surface area contributed by atoms with Crippen molar-refractivity contribution in [3.05, 3.63) is 74.3 Å². The van der Waals surface area contributed by atoms with Gasteiger partial charge in [-0.15, -0.1) is 0 Å². The number of halogens is 2. The summed E-state index contributed by atoms with van der Waals surface area (Å²) in [5.74, 6) is -0.391. The maximum absolute atomic E-state index is 13.1. The number of aryl methyl sites for hydroxylation is 2.